The Morgan fingerprint density at radius 1 is 0.913 bits per heavy atom. The fraction of sp³-hybridized carbons (Fsp3) is 0.278. The first-order chi connectivity index (χ1) is 11.3. The molecule has 1 aliphatic heterocycles. The minimum atomic E-state index is 0.743. The third-order valence-corrected chi connectivity index (χ3v) is 4.46. The number of para-hydroxylation sites is 2. The molecule has 3 rings (SSSR count). The number of methoxy groups -OCH3 is 1. The summed E-state index contributed by atoms with van der Waals surface area (Å²) in [4.78, 5) is 5.83. The Morgan fingerprint density at radius 2 is 1.39 bits per heavy atom. The van der Waals surface area contributed by atoms with Gasteiger partial charge in [0, 0.05) is 18.5 Å². The summed E-state index contributed by atoms with van der Waals surface area (Å²) in [6, 6.07) is 20.7. The van der Waals surface area contributed by atoms with Gasteiger partial charge in [-0.1, -0.05) is 36.4 Å². The Kier molecular flexibility index (Phi) is 5.23. The zero-order valence-corrected chi connectivity index (χ0v) is 14.1. The maximum atomic E-state index is 5.79. The zero-order valence-electron chi connectivity index (χ0n) is 13.3. The van der Waals surface area contributed by atoms with Crippen LogP contribution in [0.4, 0.5) is 11.4 Å². The molecule has 1 fully saturated rings. The van der Waals surface area contributed by atoms with E-state index in [0.29, 0.717) is 0 Å². The van der Waals surface area contributed by atoms with Gasteiger partial charge in [0.1, 0.15) is 6.54 Å². The molecule has 0 spiro atoms. The van der Waals surface area contributed by atoms with E-state index in [-0.39, 0.29) is 0 Å². The molecule has 0 saturated carbocycles. The Morgan fingerprint density at radius 3 is 1.83 bits per heavy atom. The second-order valence-corrected chi connectivity index (χ2v) is 5.98. The normalized spacial score (nSPS) is 16.0. The maximum absolute atomic E-state index is 5.79. The number of anilines is 2. The van der Waals surface area contributed by atoms with Crippen molar-refractivity contribution in [2.45, 2.75) is 0 Å². The molecule has 0 atom stereocenters. The summed E-state index contributed by atoms with van der Waals surface area (Å²) >= 11 is 5.79. The van der Waals surface area contributed by atoms with Gasteiger partial charge < -0.3 is 4.74 Å². The Labute approximate surface area is 142 Å². The van der Waals surface area contributed by atoms with E-state index in [9.17, 15) is 0 Å². The summed E-state index contributed by atoms with van der Waals surface area (Å²) in [5.74, 6) is 0. The van der Waals surface area contributed by atoms with Gasteiger partial charge in [-0.05, 0) is 36.5 Å². The topological polar surface area (TPSA) is 20.2 Å². The Bertz CT molecular complexity index is 584. The summed E-state index contributed by atoms with van der Waals surface area (Å²) in [5.41, 5.74) is 2.26. The zero-order chi connectivity index (χ0) is 16.1. The number of nitrogens with zero attached hydrogens (tertiary/aromatic N) is 2. The molecule has 0 bridgehead atoms. The molecule has 0 amide bonds. The number of benzene rings is 2. The quantitative estimate of drug-likeness (QED) is 0.843. The molecule has 1 saturated heterocycles. The van der Waals surface area contributed by atoms with Gasteiger partial charge in [-0.25, -0.2) is 0 Å². The lowest BCUT2D eigenvalue weighted by Gasteiger charge is -2.41. The lowest BCUT2D eigenvalue weighted by atomic mass is 10.2. The molecular weight excluding hydrogens is 306 g/mol. The van der Waals surface area contributed by atoms with Gasteiger partial charge in [0.25, 0.3) is 0 Å². The summed E-state index contributed by atoms with van der Waals surface area (Å²) in [6.07, 6.45) is 0. The number of hydrogen-bond donors (Lipinski definition) is 1. The van der Waals surface area contributed by atoms with Crippen molar-refractivity contribution in [1.82, 2.24) is 0 Å². The molecule has 120 valence electrons. The fourth-order valence-electron chi connectivity index (χ4n) is 2.80. The number of thiocarbonyl (C=S) groups is 1. The van der Waals surface area contributed by atoms with Crippen LogP contribution in [0.5, 0.6) is 0 Å². The molecule has 4 nitrogen and oxygen atoms in total. The average Bonchev–Trinajstić information content (AvgIpc) is 2.62. The lowest BCUT2D eigenvalue weighted by molar-refractivity contribution is -0.899. The second kappa shape index (κ2) is 7.55. The number of rotatable bonds is 5. The Balaban J connectivity index is 1.88. The molecule has 23 heavy (non-hydrogen) atoms. The summed E-state index contributed by atoms with van der Waals surface area (Å²) in [7, 11) is 1.75. The van der Waals surface area contributed by atoms with Crippen LogP contribution in [0.3, 0.4) is 0 Å². The smallest absolute Gasteiger partial charge is 0.189 e. The van der Waals surface area contributed by atoms with Crippen LogP contribution in [-0.4, -0.2) is 38.7 Å². The van der Waals surface area contributed by atoms with E-state index in [0.717, 1.165) is 43.0 Å². The summed E-state index contributed by atoms with van der Waals surface area (Å²) < 4.78 is 5.26. The van der Waals surface area contributed by atoms with Gasteiger partial charge in [-0.15, -0.1) is 0 Å². The van der Waals surface area contributed by atoms with Crippen molar-refractivity contribution in [3.05, 3.63) is 60.7 Å². The molecule has 0 radical (unpaired) electrons. The second-order valence-electron chi connectivity index (χ2n) is 5.62. The van der Waals surface area contributed by atoms with Crippen LogP contribution in [0.2, 0.25) is 0 Å². The van der Waals surface area contributed by atoms with Crippen molar-refractivity contribution in [1.29, 1.82) is 0 Å². The highest BCUT2D eigenvalue weighted by Crippen LogP contribution is 2.20. The molecule has 5 heteroatoms. The van der Waals surface area contributed by atoms with E-state index in [1.165, 1.54) is 4.90 Å². The van der Waals surface area contributed by atoms with E-state index in [1.807, 2.05) is 36.4 Å². The third-order valence-electron chi connectivity index (χ3n) is 4.02. The van der Waals surface area contributed by atoms with Crippen molar-refractivity contribution >= 4 is 28.7 Å². The third kappa shape index (κ3) is 3.69. The lowest BCUT2D eigenvalue weighted by Crippen LogP contribution is -3.17. The van der Waals surface area contributed by atoms with Crippen LogP contribution < -0.4 is 14.7 Å². The van der Waals surface area contributed by atoms with Gasteiger partial charge in [0.2, 0.25) is 0 Å². The van der Waals surface area contributed by atoms with Gasteiger partial charge in [-0.3, -0.25) is 14.7 Å². The number of quaternary nitrogens is 1. The van der Waals surface area contributed by atoms with E-state index < -0.39 is 0 Å². The number of hydrogen-bond acceptors (Lipinski definition) is 2. The highest BCUT2D eigenvalue weighted by Gasteiger charge is 2.31. The Hall–Kier alpha value is -1.95. The van der Waals surface area contributed by atoms with Gasteiger partial charge in [0.15, 0.2) is 18.4 Å². The highest BCUT2D eigenvalue weighted by molar-refractivity contribution is 7.80. The molecule has 0 aromatic heterocycles. The van der Waals surface area contributed by atoms with Crippen molar-refractivity contribution in [3.8, 4) is 0 Å². The van der Waals surface area contributed by atoms with Crippen LogP contribution in [0.1, 0.15) is 0 Å². The minimum absolute atomic E-state index is 0.743. The van der Waals surface area contributed by atoms with Crippen LogP contribution in [-0.2, 0) is 4.74 Å². The van der Waals surface area contributed by atoms with Crippen LogP contribution in [0.15, 0.2) is 60.7 Å². The van der Waals surface area contributed by atoms with Crippen molar-refractivity contribution in [2.24, 2.45) is 0 Å². The predicted octanol–water partition coefficient (Wildman–Crippen LogP) is 1.74. The van der Waals surface area contributed by atoms with Gasteiger partial charge in [-0.2, -0.15) is 0 Å². The number of ether oxygens (including phenoxy) is 1. The monoisotopic (exact) mass is 328 g/mol. The standard InChI is InChI=1S/C18H21N3OS/c1-22-13-12-19-14-20(16-8-4-2-5-9-16)18(23)21(15-19)17-10-6-3-7-11-17/h2-11H,12-15H2,1H3/p+1. The minimum Gasteiger partial charge on any atom is -0.379 e. The van der Waals surface area contributed by atoms with Crippen molar-refractivity contribution < 1.29 is 9.64 Å². The van der Waals surface area contributed by atoms with E-state index in [4.69, 9.17) is 17.0 Å². The summed E-state index contributed by atoms with van der Waals surface area (Å²) in [6.45, 7) is 3.41. The molecule has 1 aliphatic rings. The van der Waals surface area contributed by atoms with E-state index in [2.05, 4.69) is 34.1 Å². The largest absolute Gasteiger partial charge is 0.379 e. The average molecular weight is 328 g/mol. The molecular formula is C18H22N3OS+. The first-order valence-corrected chi connectivity index (χ1v) is 8.22. The van der Waals surface area contributed by atoms with Gasteiger partial charge in [0.05, 0.1) is 6.61 Å². The molecule has 0 unspecified atom stereocenters. The predicted molar refractivity (Wildman–Crippen MR) is 97.9 cm³/mol. The molecule has 1 N–H and O–H groups in total. The van der Waals surface area contributed by atoms with Crippen LogP contribution in [0, 0.1) is 0 Å². The van der Waals surface area contributed by atoms with E-state index in [1.54, 1.807) is 7.11 Å². The van der Waals surface area contributed by atoms with Crippen molar-refractivity contribution in [2.75, 3.05) is 43.4 Å². The van der Waals surface area contributed by atoms with Crippen LogP contribution >= 0.6 is 12.2 Å². The molecule has 0 aliphatic carbocycles. The van der Waals surface area contributed by atoms with Crippen LogP contribution in [0.25, 0.3) is 0 Å². The molecule has 1 heterocycles. The van der Waals surface area contributed by atoms with Gasteiger partial charge >= 0.3 is 0 Å². The molecule has 2 aromatic rings. The highest BCUT2D eigenvalue weighted by atomic mass is 32.1. The van der Waals surface area contributed by atoms with E-state index >= 15 is 0 Å². The molecule has 2 aromatic carbocycles. The first kappa shape index (κ1) is 15.9. The number of nitrogens with one attached hydrogen (secondary N) is 1. The SMILES string of the molecule is COCC[NH+]1CN(c2ccccc2)C(=S)N(c2ccccc2)C1. The first-order valence-electron chi connectivity index (χ1n) is 7.81. The fourth-order valence-corrected chi connectivity index (χ4v) is 3.14. The van der Waals surface area contributed by atoms with Crippen molar-refractivity contribution in [3.63, 3.8) is 0 Å². The summed E-state index contributed by atoms with van der Waals surface area (Å²) in [5, 5.41) is 0.851. The maximum Gasteiger partial charge on any atom is 0.189 e.